The number of nitrogens with one attached hydrogen (secondary N) is 1. The van der Waals surface area contributed by atoms with Gasteiger partial charge in [-0.25, -0.2) is 0 Å². The molecule has 2 aromatic rings. The van der Waals surface area contributed by atoms with Crippen LogP contribution in [0.5, 0.6) is 0 Å². The van der Waals surface area contributed by atoms with Crippen molar-refractivity contribution in [1.29, 1.82) is 0 Å². The lowest BCUT2D eigenvalue weighted by atomic mass is 10.0. The van der Waals surface area contributed by atoms with Crippen LogP contribution in [-0.2, 0) is 16.0 Å². The van der Waals surface area contributed by atoms with Gasteiger partial charge in [0.1, 0.15) is 0 Å². The lowest BCUT2D eigenvalue weighted by Crippen LogP contribution is -2.45. The molecular formula is C18H23N5O2. The van der Waals surface area contributed by atoms with Crippen molar-refractivity contribution in [1.82, 2.24) is 15.2 Å². The van der Waals surface area contributed by atoms with Crippen molar-refractivity contribution >= 4 is 11.8 Å². The van der Waals surface area contributed by atoms with Crippen molar-refractivity contribution in [3.05, 3.63) is 41.6 Å². The van der Waals surface area contributed by atoms with Crippen LogP contribution in [0.25, 0.3) is 0 Å². The van der Waals surface area contributed by atoms with Crippen molar-refractivity contribution in [3.63, 3.8) is 0 Å². The van der Waals surface area contributed by atoms with E-state index in [1.54, 1.807) is 6.20 Å². The number of hydrogen-bond acceptors (Lipinski definition) is 7. The van der Waals surface area contributed by atoms with E-state index in [1.807, 2.05) is 0 Å². The van der Waals surface area contributed by atoms with Crippen LogP contribution in [0, 0.1) is 6.92 Å². The van der Waals surface area contributed by atoms with E-state index in [-0.39, 0.29) is 5.79 Å². The van der Waals surface area contributed by atoms with Crippen LogP contribution in [0.2, 0.25) is 0 Å². The molecule has 0 radical (unpaired) electrons. The summed E-state index contributed by atoms with van der Waals surface area (Å²) in [6.45, 7) is 5.80. The molecule has 1 spiro atoms. The van der Waals surface area contributed by atoms with Crippen LogP contribution in [0.1, 0.15) is 24.0 Å². The van der Waals surface area contributed by atoms with Crippen LogP contribution in [0.4, 0.5) is 11.8 Å². The minimum atomic E-state index is -0.384. The molecule has 7 nitrogen and oxygen atoms in total. The van der Waals surface area contributed by atoms with E-state index >= 15 is 0 Å². The molecule has 2 aliphatic rings. The number of nitrogens with zero attached hydrogens (tertiary/aromatic N) is 4. The van der Waals surface area contributed by atoms with Crippen molar-refractivity contribution < 1.29 is 9.47 Å². The predicted octanol–water partition coefficient (Wildman–Crippen LogP) is 2.14. The van der Waals surface area contributed by atoms with Crippen LogP contribution in [-0.4, -0.2) is 47.3 Å². The van der Waals surface area contributed by atoms with Gasteiger partial charge in [-0.3, -0.25) is 0 Å². The van der Waals surface area contributed by atoms with Crippen LogP contribution >= 0.6 is 0 Å². The summed E-state index contributed by atoms with van der Waals surface area (Å²) >= 11 is 0. The molecule has 132 valence electrons. The largest absolute Gasteiger partial charge is 0.365 e. The predicted molar refractivity (Wildman–Crippen MR) is 94.4 cm³/mol. The average Bonchev–Trinajstić information content (AvgIpc) is 3.09. The van der Waals surface area contributed by atoms with Crippen LogP contribution in [0.15, 0.2) is 30.5 Å². The minimum Gasteiger partial charge on any atom is -0.365 e. The average molecular weight is 341 g/mol. The minimum absolute atomic E-state index is 0.384. The zero-order valence-electron chi connectivity index (χ0n) is 14.4. The van der Waals surface area contributed by atoms with Crippen LogP contribution in [0.3, 0.4) is 0 Å². The van der Waals surface area contributed by atoms with Crippen molar-refractivity contribution in [2.45, 2.75) is 32.1 Å². The molecule has 0 aliphatic carbocycles. The SMILES string of the molecule is Cc1cccc(CNc2cnnc(N3CCC4(CC3)OCCO4)n2)c1. The Kier molecular flexibility index (Phi) is 4.50. The second-order valence-corrected chi connectivity index (χ2v) is 6.58. The maximum absolute atomic E-state index is 5.77. The molecule has 0 bridgehead atoms. The molecule has 0 saturated carbocycles. The summed E-state index contributed by atoms with van der Waals surface area (Å²) in [5.41, 5.74) is 2.47. The molecule has 25 heavy (non-hydrogen) atoms. The summed E-state index contributed by atoms with van der Waals surface area (Å²) in [6.07, 6.45) is 3.32. The first-order valence-electron chi connectivity index (χ1n) is 8.74. The second-order valence-electron chi connectivity index (χ2n) is 6.58. The van der Waals surface area contributed by atoms with E-state index < -0.39 is 0 Å². The van der Waals surface area contributed by atoms with Gasteiger partial charge in [0.15, 0.2) is 11.6 Å². The van der Waals surface area contributed by atoms with Gasteiger partial charge in [-0.2, -0.15) is 10.1 Å². The van der Waals surface area contributed by atoms with Gasteiger partial charge < -0.3 is 19.7 Å². The van der Waals surface area contributed by atoms with Gasteiger partial charge in [-0.15, -0.1) is 5.10 Å². The summed E-state index contributed by atoms with van der Waals surface area (Å²) in [6, 6.07) is 8.41. The number of aromatic nitrogens is 3. The van der Waals surface area contributed by atoms with Gasteiger partial charge >= 0.3 is 0 Å². The Morgan fingerprint density at radius 3 is 2.76 bits per heavy atom. The Balaban J connectivity index is 1.38. The van der Waals surface area contributed by atoms with Crippen LogP contribution < -0.4 is 10.2 Å². The molecule has 4 rings (SSSR count). The van der Waals surface area contributed by atoms with Gasteiger partial charge in [-0.1, -0.05) is 29.8 Å². The first kappa shape index (κ1) is 16.2. The molecule has 2 aliphatic heterocycles. The summed E-state index contributed by atoms with van der Waals surface area (Å²) < 4.78 is 11.5. The number of benzene rings is 1. The molecule has 0 atom stereocenters. The fourth-order valence-corrected chi connectivity index (χ4v) is 3.36. The number of hydrogen-bond donors (Lipinski definition) is 1. The van der Waals surface area contributed by atoms with E-state index in [4.69, 9.17) is 9.47 Å². The summed E-state index contributed by atoms with van der Waals surface area (Å²) in [5.74, 6) is 1.01. The maximum Gasteiger partial charge on any atom is 0.247 e. The molecule has 0 unspecified atom stereocenters. The molecule has 7 heteroatoms. The molecule has 1 N–H and O–H groups in total. The van der Waals surface area contributed by atoms with E-state index in [0.29, 0.717) is 25.7 Å². The van der Waals surface area contributed by atoms with E-state index in [2.05, 4.69) is 56.6 Å². The van der Waals surface area contributed by atoms with Gasteiger partial charge in [0.25, 0.3) is 0 Å². The molecule has 3 heterocycles. The quantitative estimate of drug-likeness (QED) is 0.913. The van der Waals surface area contributed by atoms with E-state index in [9.17, 15) is 0 Å². The molecule has 1 aromatic carbocycles. The van der Waals surface area contributed by atoms with Crippen molar-refractivity contribution in [2.75, 3.05) is 36.5 Å². The Morgan fingerprint density at radius 2 is 2.00 bits per heavy atom. The highest BCUT2D eigenvalue weighted by atomic mass is 16.7. The number of aryl methyl sites for hydroxylation is 1. The highest BCUT2D eigenvalue weighted by molar-refractivity contribution is 5.40. The first-order valence-corrected chi connectivity index (χ1v) is 8.74. The van der Waals surface area contributed by atoms with Gasteiger partial charge in [-0.05, 0) is 12.5 Å². The molecule has 0 amide bonds. The standard InChI is InChI=1S/C18H23N5O2/c1-14-3-2-4-15(11-14)12-19-16-13-20-22-17(21-16)23-7-5-18(6-8-23)24-9-10-25-18/h2-4,11,13H,5-10,12H2,1H3,(H,19,21,22). The number of rotatable bonds is 4. The lowest BCUT2D eigenvalue weighted by Gasteiger charge is -2.37. The molecule has 1 aromatic heterocycles. The summed E-state index contributed by atoms with van der Waals surface area (Å²) in [5, 5.41) is 11.6. The number of ether oxygens (including phenoxy) is 2. The summed E-state index contributed by atoms with van der Waals surface area (Å²) in [7, 11) is 0. The number of piperidine rings is 1. The lowest BCUT2D eigenvalue weighted by molar-refractivity contribution is -0.169. The first-order chi connectivity index (χ1) is 12.2. The Hall–Kier alpha value is -2.25. The smallest absolute Gasteiger partial charge is 0.247 e. The zero-order valence-corrected chi connectivity index (χ0v) is 14.4. The Labute approximate surface area is 147 Å². The zero-order chi connectivity index (χ0) is 17.1. The second kappa shape index (κ2) is 6.93. The van der Waals surface area contributed by atoms with Crippen molar-refractivity contribution in [3.8, 4) is 0 Å². The highest BCUT2D eigenvalue weighted by Gasteiger charge is 2.40. The molecule has 2 fully saturated rings. The third-order valence-electron chi connectivity index (χ3n) is 4.73. The third kappa shape index (κ3) is 3.72. The third-order valence-corrected chi connectivity index (χ3v) is 4.73. The Morgan fingerprint density at radius 1 is 1.20 bits per heavy atom. The fourth-order valence-electron chi connectivity index (χ4n) is 3.36. The van der Waals surface area contributed by atoms with Gasteiger partial charge in [0.2, 0.25) is 5.95 Å². The van der Waals surface area contributed by atoms with Gasteiger partial charge in [0.05, 0.1) is 19.4 Å². The number of anilines is 2. The fraction of sp³-hybridized carbons (Fsp3) is 0.500. The normalized spacial score (nSPS) is 19.3. The van der Waals surface area contributed by atoms with E-state index in [0.717, 1.165) is 31.7 Å². The maximum atomic E-state index is 5.77. The summed E-state index contributed by atoms with van der Waals surface area (Å²) in [4.78, 5) is 6.75. The highest BCUT2D eigenvalue weighted by Crippen LogP contribution is 2.32. The molecular weight excluding hydrogens is 318 g/mol. The van der Waals surface area contributed by atoms with E-state index in [1.165, 1.54) is 11.1 Å². The molecule has 2 saturated heterocycles. The topological polar surface area (TPSA) is 72.4 Å². The Bertz CT molecular complexity index is 723. The monoisotopic (exact) mass is 341 g/mol. The van der Waals surface area contributed by atoms with Gasteiger partial charge in [0, 0.05) is 32.5 Å². The van der Waals surface area contributed by atoms with Crippen molar-refractivity contribution in [2.24, 2.45) is 0 Å².